The number of likely N-dealkylation sites (N-methyl/N-ethyl adjacent to an activating group) is 1. The molecule has 0 radical (unpaired) electrons. The molecule has 0 spiro atoms. The number of ether oxygens (including phenoxy) is 1. The third-order valence-electron chi connectivity index (χ3n) is 1.79. The maximum Gasteiger partial charge on any atom is 0.246 e. The van der Waals surface area contributed by atoms with Crippen LogP contribution in [0.3, 0.4) is 0 Å². The van der Waals surface area contributed by atoms with Crippen molar-refractivity contribution in [1.82, 2.24) is 5.32 Å². The highest BCUT2D eigenvalue weighted by molar-refractivity contribution is 6.30. The second-order valence-electron chi connectivity index (χ2n) is 3.07. The largest absolute Gasteiger partial charge is 0.367 e. The lowest BCUT2D eigenvalue weighted by Crippen LogP contribution is -2.26. The van der Waals surface area contributed by atoms with Crippen molar-refractivity contribution < 1.29 is 9.53 Å². The van der Waals surface area contributed by atoms with Crippen molar-refractivity contribution in [3.63, 3.8) is 0 Å². The van der Waals surface area contributed by atoms with Crippen molar-refractivity contribution in [3.8, 4) is 0 Å². The molecule has 0 aliphatic carbocycles. The summed E-state index contributed by atoms with van der Waals surface area (Å²) in [6.07, 6.45) is 0. The molecule has 3 nitrogen and oxygen atoms in total. The first-order chi connectivity index (χ1) is 7.22. The molecular formula is C11H14ClNO2. The van der Waals surface area contributed by atoms with E-state index in [-0.39, 0.29) is 12.5 Å². The van der Waals surface area contributed by atoms with Crippen molar-refractivity contribution in [2.75, 3.05) is 13.2 Å². The van der Waals surface area contributed by atoms with Gasteiger partial charge >= 0.3 is 0 Å². The van der Waals surface area contributed by atoms with Gasteiger partial charge in [0.1, 0.15) is 6.61 Å². The van der Waals surface area contributed by atoms with Gasteiger partial charge in [0.2, 0.25) is 5.91 Å². The first kappa shape index (κ1) is 12.0. The van der Waals surface area contributed by atoms with Crippen LogP contribution in [0.5, 0.6) is 0 Å². The van der Waals surface area contributed by atoms with Gasteiger partial charge in [-0.1, -0.05) is 23.7 Å². The predicted molar refractivity (Wildman–Crippen MR) is 59.8 cm³/mol. The molecule has 0 atom stereocenters. The minimum absolute atomic E-state index is 0.0912. The Labute approximate surface area is 94.4 Å². The van der Waals surface area contributed by atoms with Gasteiger partial charge in [0.25, 0.3) is 0 Å². The average Bonchev–Trinajstić information content (AvgIpc) is 2.21. The van der Waals surface area contributed by atoms with Crippen LogP contribution in [0.2, 0.25) is 5.02 Å². The number of nitrogens with one attached hydrogen (secondary N) is 1. The summed E-state index contributed by atoms with van der Waals surface area (Å²) in [5, 5.41) is 3.35. The minimum Gasteiger partial charge on any atom is -0.367 e. The van der Waals surface area contributed by atoms with E-state index in [1.54, 1.807) is 12.1 Å². The van der Waals surface area contributed by atoms with Crippen LogP contribution in [0.4, 0.5) is 0 Å². The monoisotopic (exact) mass is 227 g/mol. The van der Waals surface area contributed by atoms with Crippen molar-refractivity contribution in [2.24, 2.45) is 0 Å². The molecule has 1 amide bonds. The molecule has 0 aliphatic rings. The van der Waals surface area contributed by atoms with E-state index in [0.29, 0.717) is 18.2 Å². The van der Waals surface area contributed by atoms with Crippen molar-refractivity contribution >= 4 is 17.5 Å². The fraction of sp³-hybridized carbons (Fsp3) is 0.364. The molecule has 0 bridgehead atoms. The summed E-state index contributed by atoms with van der Waals surface area (Å²) < 4.78 is 5.22. The van der Waals surface area contributed by atoms with E-state index >= 15 is 0 Å². The lowest BCUT2D eigenvalue weighted by molar-refractivity contribution is -0.125. The zero-order valence-electron chi connectivity index (χ0n) is 8.63. The normalized spacial score (nSPS) is 10.0. The highest BCUT2D eigenvalue weighted by Gasteiger charge is 1.99. The van der Waals surface area contributed by atoms with Crippen LogP contribution in [-0.2, 0) is 16.1 Å². The van der Waals surface area contributed by atoms with Gasteiger partial charge in [0.15, 0.2) is 0 Å². The molecule has 0 saturated carbocycles. The van der Waals surface area contributed by atoms with Crippen LogP contribution in [0.25, 0.3) is 0 Å². The third kappa shape index (κ3) is 4.81. The highest BCUT2D eigenvalue weighted by atomic mass is 35.5. The number of hydrogen-bond donors (Lipinski definition) is 1. The van der Waals surface area contributed by atoms with E-state index in [4.69, 9.17) is 16.3 Å². The van der Waals surface area contributed by atoms with E-state index in [1.807, 2.05) is 19.1 Å². The molecule has 0 aromatic heterocycles. The highest BCUT2D eigenvalue weighted by Crippen LogP contribution is 2.09. The standard InChI is InChI=1S/C11H14ClNO2/c1-2-13-11(14)8-15-7-9-3-5-10(12)6-4-9/h3-6H,2,7-8H2,1H3,(H,13,14). The Bertz CT molecular complexity index is 311. The smallest absolute Gasteiger partial charge is 0.246 e. The van der Waals surface area contributed by atoms with Crippen LogP contribution in [0, 0.1) is 0 Å². The Hall–Kier alpha value is -1.06. The predicted octanol–water partition coefficient (Wildman–Crippen LogP) is 1.99. The van der Waals surface area contributed by atoms with Gasteiger partial charge in [-0.05, 0) is 24.6 Å². The van der Waals surface area contributed by atoms with E-state index in [1.165, 1.54) is 0 Å². The molecule has 0 fully saturated rings. The lowest BCUT2D eigenvalue weighted by Gasteiger charge is -2.04. The van der Waals surface area contributed by atoms with E-state index < -0.39 is 0 Å². The molecule has 1 rings (SSSR count). The summed E-state index contributed by atoms with van der Waals surface area (Å²) in [4.78, 5) is 11.0. The molecule has 82 valence electrons. The molecule has 1 N–H and O–H groups in total. The molecule has 4 heteroatoms. The quantitative estimate of drug-likeness (QED) is 0.836. The fourth-order valence-corrected chi connectivity index (χ4v) is 1.22. The number of hydrogen-bond acceptors (Lipinski definition) is 2. The SMILES string of the molecule is CCNC(=O)COCc1ccc(Cl)cc1. The molecule has 15 heavy (non-hydrogen) atoms. The summed E-state index contributed by atoms with van der Waals surface area (Å²) in [6.45, 7) is 3.02. The van der Waals surface area contributed by atoms with Gasteiger partial charge in [0, 0.05) is 11.6 Å². The summed E-state index contributed by atoms with van der Waals surface area (Å²) in [7, 11) is 0. The van der Waals surface area contributed by atoms with Crippen LogP contribution < -0.4 is 5.32 Å². The molecule has 0 unspecified atom stereocenters. The first-order valence-electron chi connectivity index (χ1n) is 4.81. The zero-order valence-corrected chi connectivity index (χ0v) is 9.38. The van der Waals surface area contributed by atoms with Crippen molar-refractivity contribution in [3.05, 3.63) is 34.9 Å². The van der Waals surface area contributed by atoms with Crippen LogP contribution in [-0.4, -0.2) is 19.1 Å². The van der Waals surface area contributed by atoms with Crippen molar-refractivity contribution in [2.45, 2.75) is 13.5 Å². The fourth-order valence-electron chi connectivity index (χ4n) is 1.09. The topological polar surface area (TPSA) is 38.3 Å². The van der Waals surface area contributed by atoms with Gasteiger partial charge in [-0.25, -0.2) is 0 Å². The summed E-state index contributed by atoms with van der Waals surface area (Å²) >= 11 is 5.73. The number of carbonyl (C=O) groups is 1. The average molecular weight is 228 g/mol. The first-order valence-corrected chi connectivity index (χ1v) is 5.19. The van der Waals surface area contributed by atoms with Crippen molar-refractivity contribution in [1.29, 1.82) is 0 Å². The lowest BCUT2D eigenvalue weighted by atomic mass is 10.2. The van der Waals surface area contributed by atoms with Crippen LogP contribution in [0.15, 0.2) is 24.3 Å². The van der Waals surface area contributed by atoms with Gasteiger partial charge in [-0.2, -0.15) is 0 Å². The number of rotatable bonds is 5. The number of carbonyl (C=O) groups excluding carboxylic acids is 1. The molecular weight excluding hydrogens is 214 g/mol. The van der Waals surface area contributed by atoms with Crippen LogP contribution in [0.1, 0.15) is 12.5 Å². The second-order valence-corrected chi connectivity index (χ2v) is 3.51. The Morgan fingerprint density at radius 2 is 2.07 bits per heavy atom. The van der Waals surface area contributed by atoms with Gasteiger partial charge in [-0.3, -0.25) is 4.79 Å². The number of benzene rings is 1. The molecule has 1 aromatic rings. The van der Waals surface area contributed by atoms with E-state index in [9.17, 15) is 4.79 Å². The number of amides is 1. The zero-order chi connectivity index (χ0) is 11.1. The molecule has 1 aromatic carbocycles. The summed E-state index contributed by atoms with van der Waals surface area (Å²) in [6, 6.07) is 7.35. The molecule has 0 aliphatic heterocycles. The second kappa shape index (κ2) is 6.43. The maximum absolute atomic E-state index is 11.0. The maximum atomic E-state index is 11.0. The van der Waals surface area contributed by atoms with Gasteiger partial charge < -0.3 is 10.1 Å². The molecule has 0 heterocycles. The van der Waals surface area contributed by atoms with Crippen LogP contribution >= 0.6 is 11.6 Å². The van der Waals surface area contributed by atoms with E-state index in [2.05, 4.69) is 5.32 Å². The Morgan fingerprint density at radius 3 is 2.67 bits per heavy atom. The Kier molecular flexibility index (Phi) is 5.15. The summed E-state index contributed by atoms with van der Waals surface area (Å²) in [5.74, 6) is -0.0912. The van der Waals surface area contributed by atoms with Gasteiger partial charge in [0.05, 0.1) is 6.61 Å². The number of halogens is 1. The third-order valence-corrected chi connectivity index (χ3v) is 2.04. The van der Waals surface area contributed by atoms with Gasteiger partial charge in [-0.15, -0.1) is 0 Å². The Morgan fingerprint density at radius 1 is 1.40 bits per heavy atom. The Balaban J connectivity index is 2.26. The molecule has 0 saturated heterocycles. The minimum atomic E-state index is -0.0912. The summed E-state index contributed by atoms with van der Waals surface area (Å²) in [5.41, 5.74) is 1.00. The van der Waals surface area contributed by atoms with E-state index in [0.717, 1.165) is 5.56 Å².